The van der Waals surface area contributed by atoms with Gasteiger partial charge in [0, 0.05) is 25.0 Å². The summed E-state index contributed by atoms with van der Waals surface area (Å²) < 4.78 is 10.8. The average Bonchev–Trinajstić information content (AvgIpc) is 3.09. The van der Waals surface area contributed by atoms with Crippen LogP contribution in [0.15, 0.2) is 48.5 Å². The van der Waals surface area contributed by atoms with Gasteiger partial charge in [0.05, 0.1) is 22.3 Å². The average molecular weight is 385 g/mol. The number of rotatable bonds is 6. The molecule has 140 valence electrons. The molecule has 2 heterocycles. The molecule has 3 aromatic rings. The molecule has 2 aromatic carbocycles. The first-order valence-corrected chi connectivity index (χ1v) is 9.29. The minimum Gasteiger partial charge on any atom is -0.454 e. The number of hydrogen-bond acceptors (Lipinski definition) is 5. The van der Waals surface area contributed by atoms with Crippen molar-refractivity contribution in [1.29, 1.82) is 0 Å². The largest absolute Gasteiger partial charge is 0.454 e. The number of ether oxygens (including phenoxy) is 2. The minimum absolute atomic E-state index is 0.262. The molecule has 0 amide bonds. The molecule has 5 nitrogen and oxygen atoms in total. The number of halogens is 1. The van der Waals surface area contributed by atoms with E-state index in [9.17, 15) is 5.11 Å². The molecule has 1 N–H and O–H groups in total. The van der Waals surface area contributed by atoms with Gasteiger partial charge in [-0.2, -0.15) is 0 Å². The lowest BCUT2D eigenvalue weighted by Gasteiger charge is -2.24. The molecule has 1 aliphatic rings. The van der Waals surface area contributed by atoms with E-state index >= 15 is 0 Å². The van der Waals surface area contributed by atoms with Crippen molar-refractivity contribution in [3.05, 3.63) is 64.8 Å². The number of para-hydroxylation sites is 1. The second-order valence-electron chi connectivity index (χ2n) is 6.82. The van der Waals surface area contributed by atoms with E-state index in [1.54, 1.807) is 6.92 Å². The number of benzene rings is 2. The summed E-state index contributed by atoms with van der Waals surface area (Å²) in [4.78, 5) is 6.88. The number of fused-ring (bicyclic) bond motifs is 2. The van der Waals surface area contributed by atoms with Crippen molar-refractivity contribution in [2.75, 3.05) is 13.3 Å². The number of hydrogen-bond donors (Lipinski definition) is 1. The summed E-state index contributed by atoms with van der Waals surface area (Å²) in [5.74, 6) is 1.53. The van der Waals surface area contributed by atoms with Gasteiger partial charge in [-0.05, 0) is 36.8 Å². The topological polar surface area (TPSA) is 54.8 Å². The van der Waals surface area contributed by atoms with Gasteiger partial charge in [0.15, 0.2) is 11.5 Å². The highest BCUT2D eigenvalue weighted by Gasteiger charge is 2.16. The summed E-state index contributed by atoms with van der Waals surface area (Å²) in [6, 6.07) is 15.7. The highest BCUT2D eigenvalue weighted by Crippen LogP contribution is 2.33. The Bertz CT molecular complexity index is 961. The molecule has 1 aromatic heterocycles. The van der Waals surface area contributed by atoms with E-state index in [2.05, 4.69) is 4.90 Å². The van der Waals surface area contributed by atoms with Gasteiger partial charge in [0.25, 0.3) is 0 Å². The zero-order chi connectivity index (χ0) is 18.8. The first-order valence-electron chi connectivity index (χ1n) is 8.91. The first kappa shape index (κ1) is 18.0. The van der Waals surface area contributed by atoms with Crippen molar-refractivity contribution < 1.29 is 14.6 Å². The fraction of sp³-hybridized carbons (Fsp3) is 0.286. The molecule has 6 heteroatoms. The van der Waals surface area contributed by atoms with Crippen LogP contribution < -0.4 is 9.47 Å². The van der Waals surface area contributed by atoms with Crippen LogP contribution in [0.1, 0.15) is 18.2 Å². The molecule has 0 unspecified atom stereocenters. The smallest absolute Gasteiger partial charge is 0.231 e. The van der Waals surface area contributed by atoms with E-state index < -0.39 is 6.10 Å². The molecule has 0 fully saturated rings. The molecule has 4 rings (SSSR count). The van der Waals surface area contributed by atoms with Crippen molar-refractivity contribution >= 4 is 22.5 Å². The van der Waals surface area contributed by atoms with Crippen LogP contribution in [0, 0.1) is 0 Å². The normalized spacial score (nSPS) is 14.1. The van der Waals surface area contributed by atoms with Crippen molar-refractivity contribution in [1.82, 2.24) is 9.88 Å². The van der Waals surface area contributed by atoms with Gasteiger partial charge in [-0.25, -0.2) is 4.98 Å². The van der Waals surface area contributed by atoms with Crippen LogP contribution in [-0.2, 0) is 13.1 Å². The maximum Gasteiger partial charge on any atom is 0.231 e. The highest BCUT2D eigenvalue weighted by atomic mass is 35.5. The Labute approximate surface area is 163 Å². The van der Waals surface area contributed by atoms with Gasteiger partial charge in [-0.15, -0.1) is 0 Å². The van der Waals surface area contributed by atoms with Crippen molar-refractivity contribution in [2.45, 2.75) is 26.1 Å². The van der Waals surface area contributed by atoms with Crippen LogP contribution in [0.4, 0.5) is 0 Å². The Hall–Kier alpha value is -2.34. The zero-order valence-corrected chi connectivity index (χ0v) is 15.8. The minimum atomic E-state index is -0.442. The first-order chi connectivity index (χ1) is 13.1. The summed E-state index contributed by atoms with van der Waals surface area (Å²) >= 11 is 6.29. The fourth-order valence-electron chi connectivity index (χ4n) is 3.32. The second-order valence-corrected chi connectivity index (χ2v) is 7.23. The zero-order valence-electron chi connectivity index (χ0n) is 15.1. The molecule has 0 saturated heterocycles. The third-order valence-corrected chi connectivity index (χ3v) is 4.78. The van der Waals surface area contributed by atoms with Gasteiger partial charge in [-0.3, -0.25) is 4.90 Å². The number of aliphatic hydroxyl groups excluding tert-OH is 1. The van der Waals surface area contributed by atoms with Crippen LogP contribution in [-0.4, -0.2) is 34.4 Å². The van der Waals surface area contributed by atoms with Gasteiger partial charge in [0.2, 0.25) is 6.79 Å². The van der Waals surface area contributed by atoms with Gasteiger partial charge < -0.3 is 14.6 Å². The predicted molar refractivity (Wildman–Crippen MR) is 105 cm³/mol. The van der Waals surface area contributed by atoms with Gasteiger partial charge in [0.1, 0.15) is 0 Å². The van der Waals surface area contributed by atoms with E-state index in [-0.39, 0.29) is 6.79 Å². The quantitative estimate of drug-likeness (QED) is 0.696. The van der Waals surface area contributed by atoms with E-state index in [0.29, 0.717) is 24.7 Å². The van der Waals surface area contributed by atoms with Crippen LogP contribution in [0.25, 0.3) is 10.9 Å². The monoisotopic (exact) mass is 384 g/mol. The number of aliphatic hydroxyl groups is 1. The van der Waals surface area contributed by atoms with Gasteiger partial charge in [-0.1, -0.05) is 35.9 Å². The third-order valence-electron chi connectivity index (χ3n) is 4.48. The van der Waals surface area contributed by atoms with Crippen LogP contribution in [0.5, 0.6) is 11.5 Å². The SMILES string of the molecule is C[C@H](O)CN(Cc1ccc2c(c1)OCO2)Cc1ccc2cccc(Cl)c2n1. The van der Waals surface area contributed by atoms with Gasteiger partial charge >= 0.3 is 0 Å². The molecule has 1 atom stereocenters. The molecule has 1 aliphatic heterocycles. The summed E-state index contributed by atoms with van der Waals surface area (Å²) in [5.41, 5.74) is 2.81. The summed E-state index contributed by atoms with van der Waals surface area (Å²) in [6.45, 7) is 3.87. The van der Waals surface area contributed by atoms with E-state index in [1.807, 2.05) is 48.5 Å². The van der Waals surface area contributed by atoms with E-state index in [4.69, 9.17) is 26.1 Å². The van der Waals surface area contributed by atoms with E-state index in [0.717, 1.165) is 33.7 Å². The maximum atomic E-state index is 9.92. The number of aromatic nitrogens is 1. The molecule has 27 heavy (non-hydrogen) atoms. The highest BCUT2D eigenvalue weighted by molar-refractivity contribution is 6.35. The lowest BCUT2D eigenvalue weighted by molar-refractivity contribution is 0.117. The Morgan fingerprint density at radius 1 is 1.11 bits per heavy atom. The Morgan fingerprint density at radius 3 is 2.81 bits per heavy atom. The standard InChI is InChI=1S/C21H21ClN2O3/c1-14(25)10-24(11-15-5-8-19-20(9-15)27-13-26-19)12-17-7-6-16-3-2-4-18(22)21(16)23-17/h2-9,14,25H,10-13H2,1H3/t14-/m0/s1. The van der Waals surface area contributed by atoms with Crippen molar-refractivity contribution in [3.8, 4) is 11.5 Å². The summed E-state index contributed by atoms with van der Waals surface area (Å²) in [5, 5.41) is 11.6. The Balaban J connectivity index is 1.56. The maximum absolute atomic E-state index is 9.92. The molecule has 0 radical (unpaired) electrons. The molecule has 0 bridgehead atoms. The van der Waals surface area contributed by atoms with Crippen molar-refractivity contribution in [2.24, 2.45) is 0 Å². The third kappa shape index (κ3) is 4.16. The van der Waals surface area contributed by atoms with Crippen LogP contribution >= 0.6 is 11.6 Å². The molecule has 0 saturated carbocycles. The lowest BCUT2D eigenvalue weighted by Crippen LogP contribution is -2.30. The molecule has 0 spiro atoms. The van der Waals surface area contributed by atoms with Crippen LogP contribution in [0.3, 0.4) is 0 Å². The predicted octanol–water partition coefficient (Wildman–Crippen LogP) is 4.00. The number of pyridine rings is 1. The fourth-order valence-corrected chi connectivity index (χ4v) is 3.55. The Kier molecular flexibility index (Phi) is 5.16. The summed E-state index contributed by atoms with van der Waals surface area (Å²) in [7, 11) is 0. The molecular formula is C21H21ClN2O3. The molecule has 0 aliphatic carbocycles. The Morgan fingerprint density at radius 2 is 1.96 bits per heavy atom. The van der Waals surface area contributed by atoms with Crippen molar-refractivity contribution in [3.63, 3.8) is 0 Å². The lowest BCUT2D eigenvalue weighted by atomic mass is 10.1. The summed E-state index contributed by atoms with van der Waals surface area (Å²) in [6.07, 6.45) is -0.442. The number of nitrogens with zero attached hydrogens (tertiary/aromatic N) is 2. The van der Waals surface area contributed by atoms with E-state index in [1.165, 1.54) is 0 Å². The second kappa shape index (κ2) is 7.72. The molecular weight excluding hydrogens is 364 g/mol. The van der Waals surface area contributed by atoms with Crippen LogP contribution in [0.2, 0.25) is 5.02 Å².